The molecule has 1 fully saturated rings. The summed E-state index contributed by atoms with van der Waals surface area (Å²) in [6, 6.07) is 0. The van der Waals surface area contributed by atoms with Crippen LogP contribution < -0.4 is 0 Å². The van der Waals surface area contributed by atoms with Gasteiger partial charge in [-0.25, -0.2) is 0 Å². The van der Waals surface area contributed by atoms with Gasteiger partial charge in [0.1, 0.15) is 11.2 Å². The molecule has 10 heavy (non-hydrogen) atoms. The average molecular weight is 145 g/mol. The number of hydrogen-bond acceptors (Lipinski definition) is 3. The molecule has 0 amide bonds. The number of hydroxylamine groups is 2. The molecule has 0 saturated carbocycles. The lowest BCUT2D eigenvalue weighted by atomic mass is 9.90. The molecular formula is C7H15NO2. The van der Waals surface area contributed by atoms with Crippen LogP contribution in [0.25, 0.3) is 0 Å². The Morgan fingerprint density at radius 3 is 1.30 bits per heavy atom. The van der Waals surface area contributed by atoms with E-state index in [4.69, 9.17) is 9.68 Å². The van der Waals surface area contributed by atoms with Gasteiger partial charge in [0.25, 0.3) is 0 Å². The minimum absolute atomic E-state index is 0.234. The molecule has 1 rings (SSSR count). The fourth-order valence-corrected chi connectivity index (χ4v) is 0.881. The molecule has 3 heteroatoms. The van der Waals surface area contributed by atoms with E-state index in [1.807, 2.05) is 27.7 Å². The maximum Gasteiger partial charge on any atom is 0.117 e. The van der Waals surface area contributed by atoms with Crippen LogP contribution in [0.3, 0.4) is 0 Å². The van der Waals surface area contributed by atoms with Crippen molar-refractivity contribution in [3.8, 4) is 0 Å². The van der Waals surface area contributed by atoms with E-state index in [2.05, 4.69) is 0 Å². The summed E-state index contributed by atoms with van der Waals surface area (Å²) in [5, 5.41) is 1.42. The molecule has 0 aliphatic carbocycles. The molecular weight excluding hydrogens is 130 g/mol. The lowest BCUT2D eigenvalue weighted by Crippen LogP contribution is -2.41. The predicted molar refractivity (Wildman–Crippen MR) is 38.1 cm³/mol. The summed E-state index contributed by atoms with van der Waals surface area (Å²) in [6.07, 6.45) is 0. The first-order valence-electron chi connectivity index (χ1n) is 3.47. The van der Waals surface area contributed by atoms with E-state index in [1.54, 1.807) is 7.05 Å². The average Bonchev–Trinajstić information content (AvgIpc) is 1.73. The van der Waals surface area contributed by atoms with Gasteiger partial charge in [0, 0.05) is 7.05 Å². The molecule has 3 nitrogen and oxygen atoms in total. The number of hydrogen-bond donors (Lipinski definition) is 0. The maximum absolute atomic E-state index is 5.38. The minimum atomic E-state index is -0.234. The smallest absolute Gasteiger partial charge is 0.117 e. The Balaban J connectivity index is 2.78. The summed E-state index contributed by atoms with van der Waals surface area (Å²) in [5.41, 5.74) is -0.469. The molecule has 0 bridgehead atoms. The van der Waals surface area contributed by atoms with Crippen molar-refractivity contribution in [3.05, 3.63) is 0 Å². The zero-order valence-corrected chi connectivity index (χ0v) is 7.26. The molecule has 1 heterocycles. The van der Waals surface area contributed by atoms with E-state index in [9.17, 15) is 0 Å². The maximum atomic E-state index is 5.38. The zero-order valence-electron chi connectivity index (χ0n) is 7.26. The predicted octanol–water partition coefficient (Wildman–Crippen LogP) is 1.35. The Morgan fingerprint density at radius 2 is 1.20 bits per heavy atom. The van der Waals surface area contributed by atoms with E-state index in [1.165, 1.54) is 5.23 Å². The summed E-state index contributed by atoms with van der Waals surface area (Å²) in [7, 11) is 1.76. The van der Waals surface area contributed by atoms with Gasteiger partial charge >= 0.3 is 0 Å². The van der Waals surface area contributed by atoms with Gasteiger partial charge in [-0.1, -0.05) is 5.23 Å². The third-order valence-corrected chi connectivity index (χ3v) is 2.16. The highest BCUT2D eigenvalue weighted by molar-refractivity contribution is 4.90. The SMILES string of the molecule is CN1OC(C)(C)C(C)(C)O1. The highest BCUT2D eigenvalue weighted by Crippen LogP contribution is 2.36. The van der Waals surface area contributed by atoms with Crippen LogP contribution in [0.1, 0.15) is 27.7 Å². The molecule has 0 aromatic carbocycles. The van der Waals surface area contributed by atoms with Crippen molar-refractivity contribution in [2.45, 2.75) is 38.9 Å². The van der Waals surface area contributed by atoms with E-state index < -0.39 is 0 Å². The van der Waals surface area contributed by atoms with Gasteiger partial charge in [-0.05, 0) is 27.7 Å². The van der Waals surface area contributed by atoms with Crippen LogP contribution in [0.15, 0.2) is 0 Å². The van der Waals surface area contributed by atoms with Crippen LogP contribution in [0.2, 0.25) is 0 Å². The highest BCUT2D eigenvalue weighted by atomic mass is 17.0. The first-order valence-corrected chi connectivity index (χ1v) is 3.47. The first-order chi connectivity index (χ1) is 4.35. The first kappa shape index (κ1) is 7.98. The summed E-state index contributed by atoms with van der Waals surface area (Å²) >= 11 is 0. The summed E-state index contributed by atoms with van der Waals surface area (Å²) < 4.78 is 0. The van der Waals surface area contributed by atoms with Crippen molar-refractivity contribution >= 4 is 0 Å². The largest absolute Gasteiger partial charge is 0.265 e. The van der Waals surface area contributed by atoms with E-state index in [-0.39, 0.29) is 11.2 Å². The molecule has 1 aliphatic heterocycles. The normalized spacial score (nSPS) is 30.9. The van der Waals surface area contributed by atoms with Crippen LogP contribution in [0.4, 0.5) is 0 Å². The molecule has 0 unspecified atom stereocenters. The van der Waals surface area contributed by atoms with Crippen molar-refractivity contribution in [3.63, 3.8) is 0 Å². The minimum Gasteiger partial charge on any atom is -0.265 e. The lowest BCUT2D eigenvalue weighted by molar-refractivity contribution is -0.310. The van der Waals surface area contributed by atoms with E-state index in [0.29, 0.717) is 0 Å². The molecule has 0 radical (unpaired) electrons. The van der Waals surface area contributed by atoms with Crippen molar-refractivity contribution in [2.24, 2.45) is 0 Å². The van der Waals surface area contributed by atoms with Crippen LogP contribution in [-0.2, 0) is 9.68 Å². The Bertz CT molecular complexity index is 127. The second kappa shape index (κ2) is 1.94. The number of nitrogens with zero attached hydrogens (tertiary/aromatic N) is 1. The second-order valence-electron chi connectivity index (χ2n) is 3.64. The standard InChI is InChI=1S/C7H15NO2/c1-6(2)7(3,4)10-8(5)9-6/h1-5H3. The molecule has 0 N–H and O–H groups in total. The van der Waals surface area contributed by atoms with Gasteiger partial charge in [-0.15, -0.1) is 0 Å². The summed E-state index contributed by atoms with van der Waals surface area (Å²) in [5.74, 6) is 0. The summed E-state index contributed by atoms with van der Waals surface area (Å²) in [4.78, 5) is 10.8. The molecule has 1 saturated heterocycles. The van der Waals surface area contributed by atoms with Gasteiger partial charge in [0.2, 0.25) is 0 Å². The van der Waals surface area contributed by atoms with Crippen molar-refractivity contribution in [2.75, 3.05) is 7.05 Å². The van der Waals surface area contributed by atoms with Crippen molar-refractivity contribution < 1.29 is 9.68 Å². The van der Waals surface area contributed by atoms with Gasteiger partial charge in [0.05, 0.1) is 0 Å². The Hall–Kier alpha value is -0.120. The third-order valence-electron chi connectivity index (χ3n) is 2.16. The second-order valence-corrected chi connectivity index (χ2v) is 3.64. The third kappa shape index (κ3) is 1.05. The van der Waals surface area contributed by atoms with E-state index >= 15 is 0 Å². The Labute approximate surface area is 61.8 Å². The fourth-order valence-electron chi connectivity index (χ4n) is 0.881. The van der Waals surface area contributed by atoms with E-state index in [0.717, 1.165) is 0 Å². The fraction of sp³-hybridized carbons (Fsp3) is 1.00. The van der Waals surface area contributed by atoms with Crippen LogP contribution in [0, 0.1) is 0 Å². The Morgan fingerprint density at radius 1 is 0.900 bits per heavy atom. The zero-order chi connectivity index (χ0) is 7.99. The lowest BCUT2D eigenvalue weighted by Gasteiger charge is -2.27. The molecule has 0 aromatic heterocycles. The van der Waals surface area contributed by atoms with Gasteiger partial charge in [-0.2, -0.15) is 0 Å². The Kier molecular flexibility index (Phi) is 1.54. The van der Waals surface area contributed by atoms with Gasteiger partial charge < -0.3 is 0 Å². The monoisotopic (exact) mass is 145 g/mol. The summed E-state index contributed by atoms with van der Waals surface area (Å²) in [6.45, 7) is 8.04. The molecule has 0 atom stereocenters. The molecule has 1 aliphatic rings. The molecule has 0 spiro atoms. The van der Waals surface area contributed by atoms with Crippen LogP contribution in [0.5, 0.6) is 0 Å². The topological polar surface area (TPSA) is 21.7 Å². The van der Waals surface area contributed by atoms with Gasteiger partial charge in [0.15, 0.2) is 0 Å². The number of rotatable bonds is 0. The quantitative estimate of drug-likeness (QED) is 0.513. The molecule has 0 aromatic rings. The molecule has 60 valence electrons. The van der Waals surface area contributed by atoms with Crippen LogP contribution in [-0.4, -0.2) is 23.5 Å². The van der Waals surface area contributed by atoms with Crippen molar-refractivity contribution in [1.29, 1.82) is 0 Å². The highest BCUT2D eigenvalue weighted by Gasteiger charge is 2.48. The van der Waals surface area contributed by atoms with Crippen LogP contribution >= 0.6 is 0 Å². The van der Waals surface area contributed by atoms with Gasteiger partial charge in [-0.3, -0.25) is 9.68 Å². The van der Waals surface area contributed by atoms with Crippen molar-refractivity contribution in [1.82, 2.24) is 5.23 Å².